The van der Waals surface area contributed by atoms with Gasteiger partial charge in [0.2, 0.25) is 11.8 Å². The van der Waals surface area contributed by atoms with E-state index in [-0.39, 0.29) is 24.2 Å². The minimum Gasteiger partial charge on any atom is -0.492 e. The van der Waals surface area contributed by atoms with Crippen LogP contribution in [0.5, 0.6) is 5.75 Å². The molecule has 2 aliphatic heterocycles. The van der Waals surface area contributed by atoms with Gasteiger partial charge in [-0.05, 0) is 31.2 Å². The zero-order valence-electron chi connectivity index (χ0n) is 15.3. The van der Waals surface area contributed by atoms with Crippen LogP contribution >= 0.6 is 11.8 Å². The van der Waals surface area contributed by atoms with E-state index in [2.05, 4.69) is 0 Å². The molecule has 1 atom stereocenters. The predicted molar refractivity (Wildman–Crippen MR) is 108 cm³/mol. The Morgan fingerprint density at radius 2 is 1.89 bits per heavy atom. The number of hydrogen-bond acceptors (Lipinski definition) is 4. The van der Waals surface area contributed by atoms with Gasteiger partial charge in [0.25, 0.3) is 0 Å². The van der Waals surface area contributed by atoms with E-state index in [1.165, 1.54) is 0 Å². The molecule has 2 aliphatic rings. The molecule has 140 valence electrons. The molecule has 2 heterocycles. The van der Waals surface area contributed by atoms with Crippen molar-refractivity contribution >= 4 is 35.0 Å². The second-order valence-electron chi connectivity index (χ2n) is 6.61. The number of amides is 2. The lowest BCUT2D eigenvalue weighted by molar-refractivity contribution is -0.124. The van der Waals surface area contributed by atoms with Crippen molar-refractivity contribution in [2.24, 2.45) is 5.92 Å². The molecule has 2 amide bonds. The van der Waals surface area contributed by atoms with Crippen LogP contribution in [0.3, 0.4) is 0 Å². The van der Waals surface area contributed by atoms with E-state index in [1.54, 1.807) is 16.7 Å². The summed E-state index contributed by atoms with van der Waals surface area (Å²) >= 11 is 1.77. The van der Waals surface area contributed by atoms with Gasteiger partial charge in [0, 0.05) is 30.2 Å². The summed E-state index contributed by atoms with van der Waals surface area (Å²) < 4.78 is 5.66. The minimum atomic E-state index is -0.330. The fraction of sp³-hybridized carbons (Fsp3) is 0.333. The maximum absolute atomic E-state index is 13.2. The highest BCUT2D eigenvalue weighted by atomic mass is 32.2. The third-order valence-electron chi connectivity index (χ3n) is 4.92. The van der Waals surface area contributed by atoms with Crippen LogP contribution in [0.15, 0.2) is 53.4 Å². The van der Waals surface area contributed by atoms with Gasteiger partial charge >= 0.3 is 0 Å². The molecule has 5 nitrogen and oxygen atoms in total. The van der Waals surface area contributed by atoms with E-state index in [0.29, 0.717) is 25.4 Å². The Balaban J connectivity index is 1.56. The second-order valence-corrected chi connectivity index (χ2v) is 7.75. The third kappa shape index (κ3) is 3.41. The zero-order valence-corrected chi connectivity index (χ0v) is 16.1. The van der Waals surface area contributed by atoms with Gasteiger partial charge in [-0.1, -0.05) is 24.3 Å². The van der Waals surface area contributed by atoms with Crippen LogP contribution in [-0.4, -0.2) is 37.3 Å². The summed E-state index contributed by atoms with van der Waals surface area (Å²) in [5, 5.41) is 0. The smallest absolute Gasteiger partial charge is 0.232 e. The number of benzene rings is 2. The summed E-state index contributed by atoms with van der Waals surface area (Å²) in [4.78, 5) is 30.5. The highest BCUT2D eigenvalue weighted by Gasteiger charge is 2.39. The molecule has 0 spiro atoms. The van der Waals surface area contributed by atoms with E-state index in [4.69, 9.17) is 4.74 Å². The first kappa shape index (κ1) is 17.9. The Hall–Kier alpha value is -2.47. The number of nitrogens with zero attached hydrogens (tertiary/aromatic N) is 2. The average molecular weight is 382 g/mol. The Labute approximate surface area is 163 Å². The zero-order chi connectivity index (χ0) is 18.8. The van der Waals surface area contributed by atoms with E-state index >= 15 is 0 Å². The van der Waals surface area contributed by atoms with Crippen LogP contribution in [0.2, 0.25) is 0 Å². The molecule has 1 fully saturated rings. The molecule has 0 bridgehead atoms. The Bertz CT molecular complexity index is 870. The van der Waals surface area contributed by atoms with Crippen molar-refractivity contribution in [3.05, 3.63) is 48.5 Å². The molecule has 6 heteroatoms. The van der Waals surface area contributed by atoms with Crippen LogP contribution < -0.4 is 14.5 Å². The van der Waals surface area contributed by atoms with Crippen LogP contribution in [0.1, 0.15) is 13.3 Å². The standard InChI is InChI=1S/C21H22N2O3S/c1-2-26-18-9-5-3-7-16(18)23-14-15(13-20(23)24)21(25)22-11-12-27-19-10-6-4-8-17(19)22/h3-10,15H,2,11-14H2,1H3. The van der Waals surface area contributed by atoms with Crippen LogP contribution in [0.4, 0.5) is 11.4 Å². The number of carbonyl (C=O) groups is 2. The number of anilines is 2. The first-order chi connectivity index (χ1) is 13.2. The Morgan fingerprint density at radius 3 is 2.70 bits per heavy atom. The number of ether oxygens (including phenoxy) is 1. The number of fused-ring (bicyclic) bond motifs is 1. The summed E-state index contributed by atoms with van der Waals surface area (Å²) in [5.41, 5.74) is 1.70. The molecule has 27 heavy (non-hydrogen) atoms. The molecule has 2 aromatic rings. The molecule has 4 rings (SSSR count). The van der Waals surface area contributed by atoms with Gasteiger partial charge in [-0.3, -0.25) is 9.59 Å². The van der Waals surface area contributed by atoms with Crippen LogP contribution in [0.25, 0.3) is 0 Å². The van der Waals surface area contributed by atoms with Crippen molar-refractivity contribution in [3.8, 4) is 5.75 Å². The van der Waals surface area contributed by atoms with Crippen molar-refractivity contribution in [2.45, 2.75) is 18.2 Å². The predicted octanol–water partition coefficient (Wildman–Crippen LogP) is 3.58. The summed E-state index contributed by atoms with van der Waals surface area (Å²) in [6, 6.07) is 15.5. The minimum absolute atomic E-state index is 0.0276. The highest BCUT2D eigenvalue weighted by Crippen LogP contribution is 2.37. The quantitative estimate of drug-likeness (QED) is 0.811. The lowest BCUT2D eigenvalue weighted by Gasteiger charge is -2.31. The monoisotopic (exact) mass is 382 g/mol. The highest BCUT2D eigenvalue weighted by molar-refractivity contribution is 7.99. The third-order valence-corrected chi connectivity index (χ3v) is 5.97. The molecule has 0 saturated carbocycles. The summed E-state index contributed by atoms with van der Waals surface area (Å²) in [6.07, 6.45) is 0.241. The number of thioether (sulfide) groups is 1. The molecule has 0 radical (unpaired) electrons. The van der Waals surface area contributed by atoms with Crippen molar-refractivity contribution in [1.82, 2.24) is 0 Å². The number of para-hydroxylation sites is 3. The van der Waals surface area contributed by atoms with Crippen molar-refractivity contribution in [1.29, 1.82) is 0 Å². The number of carbonyl (C=O) groups excluding carboxylic acids is 2. The SMILES string of the molecule is CCOc1ccccc1N1CC(C(=O)N2CCSc3ccccc32)CC1=O. The van der Waals surface area contributed by atoms with Gasteiger partial charge in [0.1, 0.15) is 5.75 Å². The molecule has 0 N–H and O–H groups in total. The maximum Gasteiger partial charge on any atom is 0.232 e. The van der Waals surface area contributed by atoms with Gasteiger partial charge in [0.15, 0.2) is 0 Å². The maximum atomic E-state index is 13.2. The summed E-state index contributed by atoms with van der Waals surface area (Å²) in [7, 11) is 0. The van der Waals surface area contributed by atoms with Gasteiger partial charge in [0.05, 0.1) is 23.9 Å². The van der Waals surface area contributed by atoms with Gasteiger partial charge in [-0.25, -0.2) is 0 Å². The number of hydrogen-bond donors (Lipinski definition) is 0. The van der Waals surface area contributed by atoms with Crippen molar-refractivity contribution < 1.29 is 14.3 Å². The van der Waals surface area contributed by atoms with Crippen LogP contribution in [-0.2, 0) is 9.59 Å². The second kappa shape index (κ2) is 7.64. The summed E-state index contributed by atoms with van der Waals surface area (Å²) in [5.74, 6) is 1.23. The van der Waals surface area contributed by atoms with Crippen LogP contribution in [0, 0.1) is 5.92 Å². The lowest BCUT2D eigenvalue weighted by atomic mass is 10.1. The molecule has 2 aromatic carbocycles. The largest absolute Gasteiger partial charge is 0.492 e. The molecule has 0 aliphatic carbocycles. The first-order valence-electron chi connectivity index (χ1n) is 9.24. The van der Waals surface area contributed by atoms with E-state index in [9.17, 15) is 9.59 Å². The summed E-state index contributed by atoms with van der Waals surface area (Å²) in [6.45, 7) is 3.53. The topological polar surface area (TPSA) is 49.9 Å². The average Bonchev–Trinajstić information content (AvgIpc) is 3.09. The lowest BCUT2D eigenvalue weighted by Crippen LogP contribution is -2.40. The molecule has 1 saturated heterocycles. The van der Waals surface area contributed by atoms with Crippen molar-refractivity contribution in [2.75, 3.05) is 35.2 Å². The molecular weight excluding hydrogens is 360 g/mol. The van der Waals surface area contributed by atoms with Crippen molar-refractivity contribution in [3.63, 3.8) is 0 Å². The van der Waals surface area contributed by atoms with Gasteiger partial charge in [-0.15, -0.1) is 11.8 Å². The number of rotatable bonds is 4. The van der Waals surface area contributed by atoms with Gasteiger partial charge in [-0.2, -0.15) is 0 Å². The first-order valence-corrected chi connectivity index (χ1v) is 10.2. The molecule has 0 aromatic heterocycles. The Morgan fingerprint density at radius 1 is 1.15 bits per heavy atom. The van der Waals surface area contributed by atoms with E-state index in [1.807, 2.05) is 60.4 Å². The van der Waals surface area contributed by atoms with E-state index in [0.717, 1.165) is 22.0 Å². The fourth-order valence-corrected chi connectivity index (χ4v) is 4.68. The Kier molecular flexibility index (Phi) is 5.07. The fourth-order valence-electron chi connectivity index (χ4n) is 3.68. The van der Waals surface area contributed by atoms with E-state index < -0.39 is 0 Å². The van der Waals surface area contributed by atoms with Gasteiger partial charge < -0.3 is 14.5 Å². The molecule has 1 unspecified atom stereocenters. The molecular formula is C21H22N2O3S. The normalized spacial score (nSPS) is 19.1.